The fourth-order valence-electron chi connectivity index (χ4n) is 2.37. The van der Waals surface area contributed by atoms with E-state index < -0.39 is 0 Å². The molecule has 1 N–H and O–H groups in total. The molecule has 0 unspecified atom stereocenters. The maximum Gasteiger partial charge on any atom is 0.123 e. The number of hydrogen-bond acceptors (Lipinski definition) is 3. The molecule has 0 fully saturated rings. The van der Waals surface area contributed by atoms with Crippen LogP contribution < -0.4 is 0 Å². The van der Waals surface area contributed by atoms with Crippen LogP contribution in [0.4, 0.5) is 8.78 Å². The zero-order valence-corrected chi connectivity index (χ0v) is 12.3. The van der Waals surface area contributed by atoms with Crippen molar-refractivity contribution in [1.82, 2.24) is 15.0 Å². The highest BCUT2D eigenvalue weighted by Gasteiger charge is 2.13. The molecule has 118 valence electrons. The number of rotatable bonds is 5. The molecule has 23 heavy (non-hydrogen) atoms. The SMILES string of the molecule is OCc1nnn(Cc2ccc(F)cc2)c1Cc1ccc(F)cc1. The van der Waals surface area contributed by atoms with Crippen LogP contribution in [0.5, 0.6) is 0 Å². The Labute approximate surface area is 132 Å². The predicted molar refractivity (Wildman–Crippen MR) is 80.7 cm³/mol. The lowest BCUT2D eigenvalue weighted by Gasteiger charge is -2.08. The summed E-state index contributed by atoms with van der Waals surface area (Å²) < 4.78 is 27.7. The number of hydrogen-bond donors (Lipinski definition) is 1. The fourth-order valence-corrected chi connectivity index (χ4v) is 2.37. The van der Waals surface area contributed by atoms with E-state index in [-0.39, 0.29) is 18.2 Å². The Balaban J connectivity index is 1.87. The van der Waals surface area contributed by atoms with Crippen molar-refractivity contribution in [1.29, 1.82) is 0 Å². The van der Waals surface area contributed by atoms with Gasteiger partial charge in [0, 0.05) is 6.42 Å². The van der Waals surface area contributed by atoms with E-state index in [1.807, 2.05) is 0 Å². The Morgan fingerprint density at radius 3 is 2.00 bits per heavy atom. The summed E-state index contributed by atoms with van der Waals surface area (Å²) in [5.41, 5.74) is 3.00. The second kappa shape index (κ2) is 6.66. The second-order valence-electron chi connectivity index (χ2n) is 5.23. The molecule has 6 heteroatoms. The first-order valence-electron chi connectivity index (χ1n) is 7.16. The normalized spacial score (nSPS) is 10.9. The number of nitrogens with zero attached hydrogens (tertiary/aromatic N) is 3. The maximum absolute atomic E-state index is 13.0. The van der Waals surface area contributed by atoms with Crippen molar-refractivity contribution in [3.8, 4) is 0 Å². The molecule has 2 aromatic carbocycles. The van der Waals surface area contributed by atoms with Crippen molar-refractivity contribution in [3.05, 3.63) is 82.7 Å². The maximum atomic E-state index is 13.0. The summed E-state index contributed by atoms with van der Waals surface area (Å²) in [5.74, 6) is -0.594. The van der Waals surface area contributed by atoms with Crippen LogP contribution in [0, 0.1) is 11.6 Å². The van der Waals surface area contributed by atoms with Gasteiger partial charge in [0.15, 0.2) is 0 Å². The van der Waals surface area contributed by atoms with E-state index in [0.29, 0.717) is 18.7 Å². The summed E-state index contributed by atoms with van der Waals surface area (Å²) in [4.78, 5) is 0. The fraction of sp³-hybridized carbons (Fsp3) is 0.176. The van der Waals surface area contributed by atoms with Crippen LogP contribution in [0.1, 0.15) is 22.5 Å². The molecular formula is C17H15F2N3O. The van der Waals surface area contributed by atoms with Gasteiger partial charge in [-0.15, -0.1) is 5.10 Å². The van der Waals surface area contributed by atoms with Crippen molar-refractivity contribution >= 4 is 0 Å². The average molecular weight is 315 g/mol. The van der Waals surface area contributed by atoms with Crippen LogP contribution in [-0.2, 0) is 19.6 Å². The van der Waals surface area contributed by atoms with Crippen molar-refractivity contribution in [2.75, 3.05) is 0 Å². The molecule has 0 amide bonds. The number of aliphatic hydroxyl groups excluding tert-OH is 1. The van der Waals surface area contributed by atoms with Crippen LogP contribution in [0.2, 0.25) is 0 Å². The first-order chi connectivity index (χ1) is 11.2. The lowest BCUT2D eigenvalue weighted by Crippen LogP contribution is -2.08. The summed E-state index contributed by atoms with van der Waals surface area (Å²) >= 11 is 0. The van der Waals surface area contributed by atoms with Gasteiger partial charge in [-0.05, 0) is 35.4 Å². The quantitative estimate of drug-likeness (QED) is 0.787. The van der Waals surface area contributed by atoms with Crippen molar-refractivity contribution < 1.29 is 13.9 Å². The van der Waals surface area contributed by atoms with E-state index >= 15 is 0 Å². The highest BCUT2D eigenvalue weighted by atomic mass is 19.1. The van der Waals surface area contributed by atoms with Gasteiger partial charge in [-0.3, -0.25) is 0 Å². The monoisotopic (exact) mass is 315 g/mol. The lowest BCUT2D eigenvalue weighted by molar-refractivity contribution is 0.275. The zero-order valence-electron chi connectivity index (χ0n) is 12.3. The van der Waals surface area contributed by atoms with Gasteiger partial charge in [0.25, 0.3) is 0 Å². The number of aliphatic hydroxyl groups is 1. The van der Waals surface area contributed by atoms with E-state index in [1.54, 1.807) is 28.9 Å². The van der Waals surface area contributed by atoms with Gasteiger partial charge in [-0.1, -0.05) is 29.5 Å². The van der Waals surface area contributed by atoms with E-state index in [4.69, 9.17) is 0 Å². The molecular weight excluding hydrogens is 300 g/mol. The van der Waals surface area contributed by atoms with Crippen LogP contribution in [-0.4, -0.2) is 20.1 Å². The van der Waals surface area contributed by atoms with Crippen molar-refractivity contribution in [2.45, 2.75) is 19.6 Å². The first-order valence-corrected chi connectivity index (χ1v) is 7.16. The van der Waals surface area contributed by atoms with E-state index in [1.165, 1.54) is 24.3 Å². The third kappa shape index (κ3) is 3.60. The minimum absolute atomic E-state index is 0.222. The van der Waals surface area contributed by atoms with Crippen LogP contribution >= 0.6 is 0 Å². The third-order valence-corrected chi connectivity index (χ3v) is 3.60. The Bertz CT molecular complexity index is 783. The Kier molecular flexibility index (Phi) is 4.43. The number of aromatic nitrogens is 3. The molecule has 0 spiro atoms. The van der Waals surface area contributed by atoms with Gasteiger partial charge in [0.2, 0.25) is 0 Å². The Hall–Kier alpha value is -2.60. The third-order valence-electron chi connectivity index (χ3n) is 3.60. The molecule has 0 saturated carbocycles. The van der Waals surface area contributed by atoms with Gasteiger partial charge in [0.05, 0.1) is 18.8 Å². The molecule has 0 aliphatic rings. The summed E-state index contributed by atoms with van der Waals surface area (Å²) in [7, 11) is 0. The summed E-state index contributed by atoms with van der Waals surface area (Å²) in [6.07, 6.45) is 0.477. The summed E-state index contributed by atoms with van der Waals surface area (Å²) in [6, 6.07) is 12.3. The largest absolute Gasteiger partial charge is 0.390 e. The molecule has 1 heterocycles. The molecule has 1 aromatic heterocycles. The van der Waals surface area contributed by atoms with E-state index in [2.05, 4.69) is 10.3 Å². The first kappa shape index (κ1) is 15.3. The van der Waals surface area contributed by atoms with Gasteiger partial charge in [0.1, 0.15) is 17.3 Å². The number of benzene rings is 2. The van der Waals surface area contributed by atoms with Gasteiger partial charge in [-0.2, -0.15) is 0 Å². The Morgan fingerprint density at radius 2 is 1.43 bits per heavy atom. The topological polar surface area (TPSA) is 50.9 Å². The van der Waals surface area contributed by atoms with Crippen LogP contribution in [0.15, 0.2) is 48.5 Å². The second-order valence-corrected chi connectivity index (χ2v) is 5.23. The molecule has 0 saturated heterocycles. The number of halogens is 2. The highest BCUT2D eigenvalue weighted by molar-refractivity contribution is 5.25. The standard InChI is InChI=1S/C17H15F2N3O/c18-14-5-1-12(2-6-14)9-17-16(11-23)20-21-22(17)10-13-3-7-15(19)8-4-13/h1-8,23H,9-11H2. The molecule has 0 bridgehead atoms. The minimum Gasteiger partial charge on any atom is -0.390 e. The summed E-state index contributed by atoms with van der Waals surface area (Å²) in [5, 5.41) is 17.5. The minimum atomic E-state index is -0.297. The molecule has 0 radical (unpaired) electrons. The zero-order chi connectivity index (χ0) is 16.2. The molecule has 3 aromatic rings. The van der Waals surface area contributed by atoms with E-state index in [9.17, 15) is 13.9 Å². The lowest BCUT2D eigenvalue weighted by atomic mass is 10.1. The van der Waals surface area contributed by atoms with Gasteiger partial charge in [-0.25, -0.2) is 13.5 Å². The molecule has 4 nitrogen and oxygen atoms in total. The predicted octanol–water partition coefficient (Wildman–Crippen LogP) is 2.69. The van der Waals surface area contributed by atoms with Crippen molar-refractivity contribution in [3.63, 3.8) is 0 Å². The molecule has 0 aliphatic carbocycles. The molecule has 0 aliphatic heterocycles. The smallest absolute Gasteiger partial charge is 0.123 e. The molecule has 0 atom stereocenters. The summed E-state index contributed by atoms with van der Waals surface area (Å²) in [6.45, 7) is 0.198. The van der Waals surface area contributed by atoms with Crippen LogP contribution in [0.25, 0.3) is 0 Å². The van der Waals surface area contributed by atoms with Gasteiger partial charge >= 0.3 is 0 Å². The van der Waals surface area contributed by atoms with E-state index in [0.717, 1.165) is 16.8 Å². The van der Waals surface area contributed by atoms with Crippen LogP contribution in [0.3, 0.4) is 0 Å². The average Bonchev–Trinajstić information content (AvgIpc) is 2.93. The Morgan fingerprint density at radius 1 is 0.870 bits per heavy atom. The highest BCUT2D eigenvalue weighted by Crippen LogP contribution is 2.15. The van der Waals surface area contributed by atoms with Crippen molar-refractivity contribution in [2.24, 2.45) is 0 Å². The van der Waals surface area contributed by atoms with Gasteiger partial charge < -0.3 is 5.11 Å². The molecule has 3 rings (SSSR count).